The number of carbonyl (C=O) groups is 1. The number of nitrogens with one attached hydrogen (secondary N) is 2. The average molecular weight is 612 g/mol. The highest BCUT2D eigenvalue weighted by Gasteiger charge is 2.28. The van der Waals surface area contributed by atoms with E-state index in [1.165, 1.54) is 18.3 Å². The van der Waals surface area contributed by atoms with Gasteiger partial charge >= 0.3 is 6.03 Å². The number of amides is 2. The summed E-state index contributed by atoms with van der Waals surface area (Å²) in [6.45, 7) is 3.94. The molecule has 43 heavy (non-hydrogen) atoms. The van der Waals surface area contributed by atoms with Crippen LogP contribution >= 0.6 is 0 Å². The summed E-state index contributed by atoms with van der Waals surface area (Å²) >= 11 is 0. The largest absolute Gasteiger partial charge is 0.378 e. The van der Waals surface area contributed by atoms with E-state index >= 15 is 0 Å². The second kappa shape index (κ2) is 11.8. The lowest BCUT2D eigenvalue weighted by Crippen LogP contribution is -2.51. The zero-order valence-electron chi connectivity index (χ0n) is 23.5. The van der Waals surface area contributed by atoms with E-state index in [0.717, 1.165) is 47.3 Å². The maximum Gasteiger partial charge on any atom is 0.317 e. The minimum Gasteiger partial charge on any atom is -0.378 e. The second-order valence-electron chi connectivity index (χ2n) is 10.8. The fraction of sp³-hybridized carbons (Fsp3) is 0.379. The van der Waals surface area contributed by atoms with E-state index in [4.69, 9.17) is 4.74 Å². The van der Waals surface area contributed by atoms with E-state index in [1.807, 2.05) is 6.92 Å². The normalized spacial score (nSPS) is 19.4. The van der Waals surface area contributed by atoms with Crippen LogP contribution in [0, 0.1) is 18.6 Å². The summed E-state index contributed by atoms with van der Waals surface area (Å²) in [6, 6.07) is 7.07. The number of aryl methyl sites for hydroxylation is 1. The quantitative estimate of drug-likeness (QED) is 0.334. The van der Waals surface area contributed by atoms with Crippen LogP contribution in [0.2, 0.25) is 0 Å². The molecule has 0 radical (unpaired) electrons. The molecule has 1 saturated carbocycles. The average Bonchev–Trinajstić information content (AvgIpc) is 3.39. The molecule has 1 aromatic carbocycles. The first-order valence-electron chi connectivity index (χ1n) is 14.1. The van der Waals surface area contributed by atoms with Crippen molar-refractivity contribution in [1.82, 2.24) is 29.1 Å². The van der Waals surface area contributed by atoms with E-state index in [-0.39, 0.29) is 51.2 Å². The van der Waals surface area contributed by atoms with Gasteiger partial charge in [-0.3, -0.25) is 0 Å². The predicted octanol–water partition coefficient (Wildman–Crippen LogP) is 4.08. The lowest BCUT2D eigenvalue weighted by molar-refractivity contribution is 0.0521. The van der Waals surface area contributed by atoms with Crippen LogP contribution in [0.3, 0.4) is 0 Å². The highest BCUT2D eigenvalue weighted by atomic mass is 32.2. The van der Waals surface area contributed by atoms with E-state index in [0.29, 0.717) is 32.7 Å². The molecule has 4 heterocycles. The third-order valence-electron chi connectivity index (χ3n) is 7.78. The fourth-order valence-corrected chi connectivity index (χ4v) is 6.84. The molecule has 1 aliphatic carbocycles. The Bertz CT molecular complexity index is 1760. The summed E-state index contributed by atoms with van der Waals surface area (Å²) < 4.78 is 62.7. The number of halogens is 2. The van der Waals surface area contributed by atoms with E-state index in [9.17, 15) is 22.0 Å². The van der Waals surface area contributed by atoms with E-state index in [2.05, 4.69) is 25.6 Å². The molecule has 11 nitrogen and oxygen atoms in total. The molecule has 3 aromatic heterocycles. The topological polar surface area (TPSA) is 131 Å². The number of urea groups is 1. The molecule has 2 aliphatic rings. The lowest BCUT2D eigenvalue weighted by Gasteiger charge is -2.33. The van der Waals surface area contributed by atoms with Crippen molar-refractivity contribution in [3.05, 3.63) is 66.1 Å². The summed E-state index contributed by atoms with van der Waals surface area (Å²) in [5.74, 6) is -1.43. The maximum absolute atomic E-state index is 15.0. The molecule has 4 aromatic rings. The Labute approximate surface area is 247 Å². The summed E-state index contributed by atoms with van der Waals surface area (Å²) in [7, 11) is -4.11. The van der Waals surface area contributed by atoms with Crippen LogP contribution in [0.5, 0.6) is 0 Å². The Kier molecular flexibility index (Phi) is 7.97. The van der Waals surface area contributed by atoms with E-state index < -0.39 is 21.7 Å². The van der Waals surface area contributed by atoms with Gasteiger partial charge in [0.25, 0.3) is 10.0 Å². The molecule has 6 rings (SSSR count). The van der Waals surface area contributed by atoms with Gasteiger partial charge in [0.15, 0.2) is 23.1 Å². The van der Waals surface area contributed by atoms with Crippen molar-refractivity contribution in [2.24, 2.45) is 0 Å². The first-order valence-corrected chi connectivity index (χ1v) is 15.5. The van der Waals surface area contributed by atoms with Gasteiger partial charge in [-0.1, -0.05) is 17.7 Å². The molecule has 1 aliphatic heterocycles. The van der Waals surface area contributed by atoms with Crippen molar-refractivity contribution < 1.29 is 26.7 Å². The molecule has 0 bridgehead atoms. The van der Waals surface area contributed by atoms with Gasteiger partial charge in [0.05, 0.1) is 30.5 Å². The number of nitrogens with zero attached hydrogens (tertiary/aromatic N) is 5. The number of fused-ring (bicyclic) bond motifs is 1. The Morgan fingerprint density at radius 2 is 1.79 bits per heavy atom. The van der Waals surface area contributed by atoms with Crippen LogP contribution in [0.4, 0.5) is 19.4 Å². The Morgan fingerprint density at radius 1 is 1.05 bits per heavy atom. The highest BCUT2D eigenvalue weighted by Crippen LogP contribution is 2.32. The third kappa shape index (κ3) is 6.02. The monoisotopic (exact) mass is 611 g/mol. The fourth-order valence-electron chi connectivity index (χ4n) is 5.51. The number of rotatable bonds is 6. The van der Waals surface area contributed by atoms with Crippen LogP contribution in [0.1, 0.15) is 31.2 Å². The Hall–Kier alpha value is -4.17. The number of benzene rings is 1. The molecule has 2 amide bonds. The number of pyridine rings is 1. The molecule has 2 N–H and O–H groups in total. The number of carbonyl (C=O) groups excluding carboxylic acids is 1. The zero-order valence-corrected chi connectivity index (χ0v) is 24.3. The molecule has 1 unspecified atom stereocenters. The predicted molar refractivity (Wildman–Crippen MR) is 155 cm³/mol. The van der Waals surface area contributed by atoms with Crippen LogP contribution in [-0.2, 0) is 14.8 Å². The number of aromatic nitrogens is 4. The number of ether oxygens (including phenoxy) is 1. The van der Waals surface area contributed by atoms with E-state index in [1.54, 1.807) is 17.0 Å². The summed E-state index contributed by atoms with van der Waals surface area (Å²) in [4.78, 5) is 27.0. The smallest absolute Gasteiger partial charge is 0.317 e. The minimum absolute atomic E-state index is 0.00661. The highest BCUT2D eigenvalue weighted by molar-refractivity contribution is 7.90. The van der Waals surface area contributed by atoms with Crippen LogP contribution in [0.25, 0.3) is 22.4 Å². The van der Waals surface area contributed by atoms with Crippen molar-refractivity contribution in [1.29, 1.82) is 0 Å². The molecule has 226 valence electrons. The van der Waals surface area contributed by atoms with Crippen molar-refractivity contribution in [2.45, 2.75) is 49.6 Å². The second-order valence-corrected chi connectivity index (χ2v) is 12.6. The SMILES string of the molecule is Cc1ccc(S(=O)(=O)n2cc(-c3ncc(F)c(NC4CCC[C@@H](NC(=O)N5CCOCC5)C4)n3)c3cc(F)cnc32)cc1. The summed E-state index contributed by atoms with van der Waals surface area (Å²) in [5, 5.41) is 6.39. The van der Waals surface area contributed by atoms with Crippen molar-refractivity contribution in [2.75, 3.05) is 31.6 Å². The maximum atomic E-state index is 15.0. The Morgan fingerprint density at radius 3 is 2.56 bits per heavy atom. The van der Waals surface area contributed by atoms with Crippen molar-refractivity contribution in [3.63, 3.8) is 0 Å². The lowest BCUT2D eigenvalue weighted by atomic mass is 9.91. The number of morpholine rings is 1. The van der Waals surface area contributed by atoms with Crippen LogP contribution in [-0.4, -0.2) is 76.7 Å². The van der Waals surface area contributed by atoms with Gasteiger partial charge in [0, 0.05) is 42.3 Å². The molecular formula is C29H31F2N7O4S. The number of hydrogen-bond acceptors (Lipinski definition) is 8. The van der Waals surface area contributed by atoms with Gasteiger partial charge in [0.1, 0.15) is 5.82 Å². The molecular weight excluding hydrogens is 580 g/mol. The van der Waals surface area contributed by atoms with Crippen LogP contribution < -0.4 is 10.6 Å². The van der Waals surface area contributed by atoms with Crippen LogP contribution in [0.15, 0.2) is 53.8 Å². The standard InChI is InChI=1S/C29H31F2N7O4S/c1-18-5-7-22(8-6-18)43(40,41)38-17-24(23-13-19(30)15-33-28(23)38)26-32-16-25(31)27(36-26)34-20-3-2-4-21(14-20)35-29(39)37-9-11-42-12-10-37/h5-8,13,15-17,20-21H,2-4,9-12,14H2,1H3,(H,35,39)(H,32,34,36)/t20?,21-/m1/s1. The Balaban J connectivity index is 1.27. The first kappa shape index (κ1) is 28.9. The molecule has 0 spiro atoms. The summed E-state index contributed by atoms with van der Waals surface area (Å²) in [6.07, 6.45) is 6.14. The minimum atomic E-state index is -4.11. The van der Waals surface area contributed by atoms with Gasteiger partial charge in [-0.05, 0) is 50.8 Å². The first-order chi connectivity index (χ1) is 20.7. The molecule has 14 heteroatoms. The van der Waals surface area contributed by atoms with Gasteiger partial charge in [0.2, 0.25) is 0 Å². The third-order valence-corrected chi connectivity index (χ3v) is 9.45. The van der Waals surface area contributed by atoms with Crippen molar-refractivity contribution >= 4 is 32.9 Å². The molecule has 1 saturated heterocycles. The number of anilines is 1. The molecule has 2 atom stereocenters. The number of hydrogen-bond donors (Lipinski definition) is 2. The summed E-state index contributed by atoms with van der Waals surface area (Å²) in [5.41, 5.74) is 1.06. The zero-order chi connectivity index (χ0) is 30.1. The van der Waals surface area contributed by atoms with Gasteiger partial charge in [-0.25, -0.2) is 40.9 Å². The van der Waals surface area contributed by atoms with Crippen molar-refractivity contribution in [3.8, 4) is 11.4 Å². The van der Waals surface area contributed by atoms with Gasteiger partial charge < -0.3 is 20.3 Å². The molecule has 2 fully saturated rings. The van der Waals surface area contributed by atoms with Gasteiger partial charge in [-0.15, -0.1) is 0 Å². The van der Waals surface area contributed by atoms with Gasteiger partial charge in [-0.2, -0.15) is 0 Å².